The molecular formula is C14H28N2O3S. The van der Waals surface area contributed by atoms with Gasteiger partial charge in [-0.2, -0.15) is 0 Å². The van der Waals surface area contributed by atoms with Gasteiger partial charge in [-0.05, 0) is 38.1 Å². The van der Waals surface area contributed by atoms with Crippen molar-refractivity contribution in [2.24, 2.45) is 5.92 Å². The van der Waals surface area contributed by atoms with Gasteiger partial charge in [-0.15, -0.1) is 0 Å². The zero-order valence-corrected chi connectivity index (χ0v) is 13.5. The summed E-state index contributed by atoms with van der Waals surface area (Å²) < 4.78 is 32.4. The third-order valence-electron chi connectivity index (χ3n) is 4.25. The Morgan fingerprint density at radius 2 is 1.95 bits per heavy atom. The van der Waals surface area contributed by atoms with Crippen LogP contribution in [0.2, 0.25) is 0 Å². The molecule has 2 saturated heterocycles. The largest absolute Gasteiger partial charge is 0.381 e. The quantitative estimate of drug-likeness (QED) is 0.829. The van der Waals surface area contributed by atoms with E-state index < -0.39 is 10.0 Å². The topological polar surface area (TPSA) is 58.6 Å². The van der Waals surface area contributed by atoms with Gasteiger partial charge < -0.3 is 10.1 Å². The molecule has 1 atom stereocenters. The molecule has 6 heteroatoms. The molecule has 0 saturated carbocycles. The summed E-state index contributed by atoms with van der Waals surface area (Å²) in [6, 6.07) is 0.456. The fourth-order valence-electron chi connectivity index (χ4n) is 3.01. The van der Waals surface area contributed by atoms with Gasteiger partial charge in [-0.1, -0.05) is 13.8 Å². The number of piperidine rings is 1. The first kappa shape index (κ1) is 16.2. The number of sulfonamides is 1. The minimum absolute atomic E-state index is 0.229. The summed E-state index contributed by atoms with van der Waals surface area (Å²) in [5.74, 6) is 0.445. The second-order valence-electron chi connectivity index (χ2n) is 6.29. The zero-order valence-electron chi connectivity index (χ0n) is 12.7. The van der Waals surface area contributed by atoms with E-state index in [0.717, 1.165) is 19.4 Å². The Bertz CT molecular complexity index is 391. The van der Waals surface area contributed by atoms with Gasteiger partial charge in [-0.3, -0.25) is 0 Å². The predicted octanol–water partition coefficient (Wildman–Crippen LogP) is 1.21. The first-order valence-electron chi connectivity index (χ1n) is 7.80. The zero-order chi connectivity index (χ0) is 14.6. The minimum Gasteiger partial charge on any atom is -0.381 e. The highest BCUT2D eigenvalue weighted by Gasteiger charge is 2.35. The van der Waals surface area contributed by atoms with Crippen LogP contribution < -0.4 is 5.32 Å². The standard InChI is InChI=1S/C14H28N2O3S/c1-12(2)15-10-13-4-3-7-16(11-13)20(17,18)14-5-8-19-9-6-14/h12-15H,3-11H2,1-2H3. The van der Waals surface area contributed by atoms with Crippen LogP contribution in [0.3, 0.4) is 0 Å². The highest BCUT2D eigenvalue weighted by molar-refractivity contribution is 7.89. The SMILES string of the molecule is CC(C)NCC1CCCN(S(=O)(=O)C2CCOCC2)C1. The van der Waals surface area contributed by atoms with Crippen molar-refractivity contribution in [2.75, 3.05) is 32.8 Å². The van der Waals surface area contributed by atoms with E-state index in [-0.39, 0.29) is 5.25 Å². The van der Waals surface area contributed by atoms with Crippen LogP contribution in [0.5, 0.6) is 0 Å². The normalized spacial score (nSPS) is 27.1. The molecule has 2 rings (SSSR count). The van der Waals surface area contributed by atoms with E-state index in [2.05, 4.69) is 19.2 Å². The van der Waals surface area contributed by atoms with Crippen molar-refractivity contribution < 1.29 is 13.2 Å². The molecule has 0 amide bonds. The van der Waals surface area contributed by atoms with E-state index in [9.17, 15) is 8.42 Å². The Hall–Kier alpha value is -0.170. The monoisotopic (exact) mass is 304 g/mol. The molecule has 20 heavy (non-hydrogen) atoms. The molecule has 2 aliphatic heterocycles. The molecule has 1 unspecified atom stereocenters. The molecule has 0 aromatic rings. The third kappa shape index (κ3) is 4.16. The first-order valence-corrected chi connectivity index (χ1v) is 9.30. The van der Waals surface area contributed by atoms with Crippen LogP contribution in [0.1, 0.15) is 39.5 Å². The fourth-order valence-corrected chi connectivity index (χ4v) is 5.02. The molecular weight excluding hydrogens is 276 g/mol. The van der Waals surface area contributed by atoms with Crippen molar-refractivity contribution in [3.05, 3.63) is 0 Å². The van der Waals surface area contributed by atoms with Gasteiger partial charge in [0.05, 0.1) is 5.25 Å². The Morgan fingerprint density at radius 1 is 1.25 bits per heavy atom. The molecule has 1 N–H and O–H groups in total. The molecule has 2 heterocycles. The number of rotatable bonds is 5. The van der Waals surface area contributed by atoms with Crippen LogP contribution in [0.4, 0.5) is 0 Å². The summed E-state index contributed by atoms with van der Waals surface area (Å²) in [7, 11) is -3.13. The average Bonchev–Trinajstić information content (AvgIpc) is 2.46. The lowest BCUT2D eigenvalue weighted by molar-refractivity contribution is 0.0966. The molecule has 0 aromatic carbocycles. The van der Waals surface area contributed by atoms with Gasteiger partial charge in [0.25, 0.3) is 0 Å². The van der Waals surface area contributed by atoms with Gasteiger partial charge in [0.1, 0.15) is 0 Å². The lowest BCUT2D eigenvalue weighted by Gasteiger charge is -2.35. The number of hydrogen-bond acceptors (Lipinski definition) is 4. The fraction of sp³-hybridized carbons (Fsp3) is 1.00. The first-order chi connectivity index (χ1) is 9.50. The highest BCUT2D eigenvalue weighted by Crippen LogP contribution is 2.25. The summed E-state index contributed by atoms with van der Waals surface area (Å²) in [5.41, 5.74) is 0. The maximum Gasteiger partial charge on any atom is 0.217 e. The number of nitrogens with zero attached hydrogens (tertiary/aromatic N) is 1. The van der Waals surface area contributed by atoms with E-state index in [0.29, 0.717) is 51.1 Å². The lowest BCUT2D eigenvalue weighted by Crippen LogP contribution is -2.48. The predicted molar refractivity (Wildman–Crippen MR) is 80.2 cm³/mol. The van der Waals surface area contributed by atoms with Gasteiger partial charge in [0, 0.05) is 32.3 Å². The highest BCUT2D eigenvalue weighted by atomic mass is 32.2. The number of ether oxygens (including phenoxy) is 1. The van der Waals surface area contributed by atoms with E-state index in [1.165, 1.54) is 0 Å². The van der Waals surface area contributed by atoms with Gasteiger partial charge in [0.15, 0.2) is 0 Å². The smallest absolute Gasteiger partial charge is 0.217 e. The molecule has 0 radical (unpaired) electrons. The van der Waals surface area contributed by atoms with Crippen LogP contribution >= 0.6 is 0 Å². The summed E-state index contributed by atoms with van der Waals surface area (Å²) >= 11 is 0. The van der Waals surface area contributed by atoms with Crippen molar-refractivity contribution in [1.29, 1.82) is 0 Å². The Labute approximate surface area is 123 Å². The number of nitrogens with one attached hydrogen (secondary N) is 1. The Kier molecular flexibility index (Phi) is 5.84. The van der Waals surface area contributed by atoms with Crippen LogP contribution in [0.25, 0.3) is 0 Å². The van der Waals surface area contributed by atoms with Crippen molar-refractivity contribution in [3.8, 4) is 0 Å². The summed E-state index contributed by atoms with van der Waals surface area (Å²) in [6.07, 6.45) is 3.40. The molecule has 0 spiro atoms. The van der Waals surface area contributed by atoms with E-state index in [1.807, 2.05) is 0 Å². The molecule has 0 aromatic heterocycles. The summed E-state index contributed by atoms with van der Waals surface area (Å²) in [5, 5.41) is 3.20. The molecule has 0 bridgehead atoms. The van der Waals surface area contributed by atoms with Gasteiger partial charge >= 0.3 is 0 Å². The average molecular weight is 304 g/mol. The van der Waals surface area contributed by atoms with Gasteiger partial charge in [-0.25, -0.2) is 12.7 Å². The lowest BCUT2D eigenvalue weighted by atomic mass is 9.99. The molecule has 2 aliphatic rings. The van der Waals surface area contributed by atoms with Gasteiger partial charge in [0.2, 0.25) is 10.0 Å². The van der Waals surface area contributed by atoms with Crippen molar-refractivity contribution in [3.63, 3.8) is 0 Å². The van der Waals surface area contributed by atoms with E-state index in [1.54, 1.807) is 4.31 Å². The summed E-state index contributed by atoms with van der Waals surface area (Å²) in [6.45, 7) is 7.69. The third-order valence-corrected chi connectivity index (χ3v) is 6.61. The number of hydrogen-bond donors (Lipinski definition) is 1. The molecule has 0 aliphatic carbocycles. The van der Waals surface area contributed by atoms with Crippen molar-refractivity contribution in [1.82, 2.24) is 9.62 Å². The van der Waals surface area contributed by atoms with Crippen LogP contribution in [0, 0.1) is 5.92 Å². The van der Waals surface area contributed by atoms with Crippen LogP contribution in [-0.4, -0.2) is 56.9 Å². The second-order valence-corrected chi connectivity index (χ2v) is 8.50. The maximum absolute atomic E-state index is 12.7. The van der Waals surface area contributed by atoms with Crippen molar-refractivity contribution in [2.45, 2.75) is 50.8 Å². The second kappa shape index (κ2) is 7.20. The Morgan fingerprint density at radius 3 is 2.60 bits per heavy atom. The molecule has 118 valence electrons. The van der Waals surface area contributed by atoms with E-state index >= 15 is 0 Å². The summed E-state index contributed by atoms with van der Waals surface area (Å²) in [4.78, 5) is 0. The molecule has 2 fully saturated rings. The molecule has 5 nitrogen and oxygen atoms in total. The van der Waals surface area contributed by atoms with Crippen LogP contribution in [0.15, 0.2) is 0 Å². The Balaban J connectivity index is 1.93. The minimum atomic E-state index is -3.13. The van der Waals surface area contributed by atoms with Crippen LogP contribution in [-0.2, 0) is 14.8 Å². The van der Waals surface area contributed by atoms with Crippen molar-refractivity contribution >= 4 is 10.0 Å². The maximum atomic E-state index is 12.7. The van der Waals surface area contributed by atoms with E-state index in [4.69, 9.17) is 4.74 Å².